The highest BCUT2D eigenvalue weighted by atomic mass is 16.2. The molecule has 0 unspecified atom stereocenters. The molecule has 2 aliphatic rings. The van der Waals surface area contributed by atoms with Crippen LogP contribution < -0.4 is 10.2 Å². The largest absolute Gasteiger partial charge is 0.325 e. The summed E-state index contributed by atoms with van der Waals surface area (Å²) in [5, 5.41) is 3.31. The van der Waals surface area contributed by atoms with Gasteiger partial charge in [0.1, 0.15) is 6.54 Å². The van der Waals surface area contributed by atoms with Crippen LogP contribution in [0.2, 0.25) is 0 Å². The molecular weight excluding hydrogens is 256 g/mol. The predicted molar refractivity (Wildman–Crippen MR) is 74.2 cm³/mol. The van der Waals surface area contributed by atoms with Gasteiger partial charge in [0.05, 0.1) is 24.0 Å². The molecule has 0 bridgehead atoms. The van der Waals surface area contributed by atoms with Crippen molar-refractivity contribution in [3.05, 3.63) is 24.5 Å². The van der Waals surface area contributed by atoms with Gasteiger partial charge >= 0.3 is 0 Å². The Morgan fingerprint density at radius 1 is 1.50 bits per heavy atom. The predicted octanol–water partition coefficient (Wildman–Crippen LogP) is 0.00880. The van der Waals surface area contributed by atoms with Crippen molar-refractivity contribution in [3.63, 3.8) is 0 Å². The van der Waals surface area contributed by atoms with Gasteiger partial charge in [-0.2, -0.15) is 0 Å². The third-order valence-electron chi connectivity index (χ3n) is 4.18. The van der Waals surface area contributed by atoms with Gasteiger partial charge in [-0.15, -0.1) is 0 Å². The third kappa shape index (κ3) is 2.06. The number of rotatable bonds is 1. The van der Waals surface area contributed by atoms with Crippen LogP contribution in [0.15, 0.2) is 24.5 Å². The Bertz CT molecular complexity index is 525. The first kappa shape index (κ1) is 13.1. The van der Waals surface area contributed by atoms with E-state index < -0.39 is 0 Å². The number of nitrogens with zero attached hydrogens (tertiary/aromatic N) is 3. The second-order valence-electron chi connectivity index (χ2n) is 5.45. The molecule has 0 aromatic carbocycles. The van der Waals surface area contributed by atoms with E-state index in [0.29, 0.717) is 6.54 Å². The lowest BCUT2D eigenvalue weighted by atomic mass is 9.92. The summed E-state index contributed by atoms with van der Waals surface area (Å²) in [6.07, 6.45) is 4.25. The first-order chi connectivity index (χ1) is 9.62. The molecule has 20 heavy (non-hydrogen) atoms. The first-order valence-electron chi connectivity index (χ1n) is 6.82. The van der Waals surface area contributed by atoms with Crippen LogP contribution in [0.3, 0.4) is 0 Å². The zero-order valence-corrected chi connectivity index (χ0v) is 11.5. The lowest BCUT2D eigenvalue weighted by Crippen LogP contribution is -2.66. The van der Waals surface area contributed by atoms with E-state index >= 15 is 0 Å². The number of amides is 2. The molecule has 2 fully saturated rings. The van der Waals surface area contributed by atoms with Crippen LogP contribution in [0.5, 0.6) is 0 Å². The van der Waals surface area contributed by atoms with Crippen LogP contribution in [0.25, 0.3) is 0 Å². The van der Waals surface area contributed by atoms with Gasteiger partial charge < -0.3 is 15.1 Å². The van der Waals surface area contributed by atoms with Crippen LogP contribution in [-0.2, 0) is 9.59 Å². The summed E-state index contributed by atoms with van der Waals surface area (Å²) < 4.78 is 0. The third-order valence-corrected chi connectivity index (χ3v) is 4.18. The van der Waals surface area contributed by atoms with E-state index in [4.69, 9.17) is 0 Å². The van der Waals surface area contributed by atoms with Gasteiger partial charge in [-0.25, -0.2) is 0 Å². The van der Waals surface area contributed by atoms with Crippen LogP contribution in [0.4, 0.5) is 5.69 Å². The number of hydrogen-bond donors (Lipinski definition) is 1. The van der Waals surface area contributed by atoms with E-state index in [1.807, 2.05) is 12.1 Å². The molecule has 1 aromatic heterocycles. The summed E-state index contributed by atoms with van der Waals surface area (Å²) in [4.78, 5) is 31.7. The smallest absolute Gasteiger partial charge is 0.246 e. The van der Waals surface area contributed by atoms with Crippen molar-refractivity contribution < 1.29 is 9.59 Å². The monoisotopic (exact) mass is 274 g/mol. The average molecular weight is 274 g/mol. The summed E-state index contributed by atoms with van der Waals surface area (Å²) in [6.45, 7) is 3.82. The lowest BCUT2D eigenvalue weighted by molar-refractivity contribution is -0.142. The zero-order valence-electron chi connectivity index (χ0n) is 11.5. The first-order valence-corrected chi connectivity index (χ1v) is 6.82. The summed E-state index contributed by atoms with van der Waals surface area (Å²) in [6, 6.07) is 3.70. The normalized spacial score (nSPS) is 26.4. The van der Waals surface area contributed by atoms with Gasteiger partial charge in [0.15, 0.2) is 0 Å². The van der Waals surface area contributed by atoms with E-state index in [2.05, 4.69) is 10.3 Å². The van der Waals surface area contributed by atoms with Crippen molar-refractivity contribution in [3.8, 4) is 0 Å². The fourth-order valence-electron chi connectivity index (χ4n) is 3.15. The molecule has 0 radical (unpaired) electrons. The maximum Gasteiger partial charge on any atom is 0.246 e. The highest BCUT2D eigenvalue weighted by molar-refractivity contribution is 5.98. The van der Waals surface area contributed by atoms with E-state index in [0.717, 1.165) is 25.2 Å². The Hall–Kier alpha value is -1.95. The van der Waals surface area contributed by atoms with Gasteiger partial charge in [-0.05, 0) is 25.1 Å². The second-order valence-corrected chi connectivity index (χ2v) is 5.45. The van der Waals surface area contributed by atoms with E-state index in [9.17, 15) is 9.59 Å². The summed E-state index contributed by atoms with van der Waals surface area (Å²) >= 11 is 0. The number of aromatic nitrogens is 1. The summed E-state index contributed by atoms with van der Waals surface area (Å²) in [5.74, 6) is -0.0846. The van der Waals surface area contributed by atoms with Gasteiger partial charge in [0.25, 0.3) is 0 Å². The number of pyridine rings is 1. The molecule has 1 spiro atoms. The average Bonchev–Trinajstić information content (AvgIpc) is 2.91. The number of carbonyl (C=O) groups is 2. The molecule has 3 rings (SSSR count). The molecule has 106 valence electrons. The minimum Gasteiger partial charge on any atom is -0.325 e. The Morgan fingerprint density at radius 3 is 2.95 bits per heavy atom. The number of carbonyl (C=O) groups excluding carboxylic acids is 2. The summed E-state index contributed by atoms with van der Waals surface area (Å²) in [7, 11) is 0. The standard InChI is InChI=1S/C14H18N4O2/c1-11(19)18-8-13(20)17(12-3-2-5-15-7-12)10-14(18)4-6-16-9-14/h2-3,5,7,16H,4,6,8-10H2,1H3/t14-/m1/s1. The minimum absolute atomic E-state index is 0.0344. The van der Waals surface area contributed by atoms with Gasteiger partial charge in [-0.1, -0.05) is 0 Å². The molecule has 6 heteroatoms. The van der Waals surface area contributed by atoms with Crippen LogP contribution in [0, 0.1) is 0 Å². The Balaban J connectivity index is 1.93. The van der Waals surface area contributed by atoms with Gasteiger partial charge in [0, 0.05) is 19.7 Å². The van der Waals surface area contributed by atoms with Crippen molar-refractivity contribution >= 4 is 17.5 Å². The second kappa shape index (κ2) is 4.86. The number of nitrogens with one attached hydrogen (secondary N) is 1. The van der Waals surface area contributed by atoms with E-state index in [1.54, 1.807) is 22.2 Å². The minimum atomic E-state index is -0.282. The molecule has 6 nitrogen and oxygen atoms in total. The zero-order chi connectivity index (χ0) is 14.2. The van der Waals surface area contributed by atoms with Crippen LogP contribution >= 0.6 is 0 Å². The molecule has 1 atom stereocenters. The molecule has 1 aromatic rings. The quantitative estimate of drug-likeness (QED) is 0.783. The molecule has 0 saturated carbocycles. The van der Waals surface area contributed by atoms with Crippen molar-refractivity contribution in [2.45, 2.75) is 18.9 Å². The molecule has 2 amide bonds. The summed E-state index contributed by atoms with van der Waals surface area (Å²) in [5.41, 5.74) is 0.516. The SMILES string of the molecule is CC(=O)N1CC(=O)N(c2cccnc2)C[C@]12CCNC2. The van der Waals surface area contributed by atoms with Crippen molar-refractivity contribution in [2.75, 3.05) is 31.1 Å². The highest BCUT2D eigenvalue weighted by Crippen LogP contribution is 2.31. The fraction of sp³-hybridized carbons (Fsp3) is 0.500. The molecule has 2 aliphatic heterocycles. The van der Waals surface area contributed by atoms with E-state index in [-0.39, 0.29) is 23.9 Å². The van der Waals surface area contributed by atoms with Crippen molar-refractivity contribution in [1.82, 2.24) is 15.2 Å². The Morgan fingerprint density at radius 2 is 2.35 bits per heavy atom. The van der Waals surface area contributed by atoms with Crippen molar-refractivity contribution in [1.29, 1.82) is 0 Å². The topological polar surface area (TPSA) is 65.5 Å². The fourth-order valence-corrected chi connectivity index (χ4v) is 3.15. The van der Waals surface area contributed by atoms with E-state index in [1.165, 1.54) is 6.92 Å². The van der Waals surface area contributed by atoms with Gasteiger partial charge in [-0.3, -0.25) is 14.6 Å². The molecular formula is C14H18N4O2. The Labute approximate surface area is 117 Å². The number of piperazine rings is 1. The van der Waals surface area contributed by atoms with Gasteiger partial charge in [0.2, 0.25) is 11.8 Å². The lowest BCUT2D eigenvalue weighted by Gasteiger charge is -2.47. The molecule has 1 N–H and O–H groups in total. The van der Waals surface area contributed by atoms with Crippen LogP contribution in [-0.4, -0.2) is 53.4 Å². The molecule has 2 saturated heterocycles. The van der Waals surface area contributed by atoms with Crippen molar-refractivity contribution in [2.24, 2.45) is 0 Å². The molecule has 0 aliphatic carbocycles. The van der Waals surface area contributed by atoms with Crippen LogP contribution in [0.1, 0.15) is 13.3 Å². The molecule has 3 heterocycles. The number of anilines is 1. The Kier molecular flexibility index (Phi) is 3.17. The number of hydrogen-bond acceptors (Lipinski definition) is 4. The maximum atomic E-state index is 12.3. The highest BCUT2D eigenvalue weighted by Gasteiger charge is 2.48. The maximum absolute atomic E-state index is 12.3.